The van der Waals surface area contributed by atoms with Crippen LogP contribution in [0.5, 0.6) is 11.5 Å². The van der Waals surface area contributed by atoms with Crippen LogP contribution in [0.15, 0.2) is 97.1 Å². The van der Waals surface area contributed by atoms with Crippen molar-refractivity contribution in [1.29, 1.82) is 0 Å². The number of benzene rings is 3. The maximum Gasteiger partial charge on any atom is 0.295 e. The van der Waals surface area contributed by atoms with Gasteiger partial charge in [0.1, 0.15) is 23.9 Å². The minimum absolute atomic E-state index is 0.0701. The number of imidazole rings is 1. The summed E-state index contributed by atoms with van der Waals surface area (Å²) >= 11 is 0. The van der Waals surface area contributed by atoms with Crippen LogP contribution in [0.25, 0.3) is 5.76 Å². The summed E-state index contributed by atoms with van der Waals surface area (Å²) in [5.74, 6) is -0.190. The Morgan fingerprint density at radius 3 is 2.37 bits per heavy atom. The Morgan fingerprint density at radius 2 is 1.67 bits per heavy atom. The van der Waals surface area contributed by atoms with Crippen molar-refractivity contribution in [3.8, 4) is 11.5 Å². The molecule has 4 aromatic rings. The van der Waals surface area contributed by atoms with E-state index in [4.69, 9.17) is 9.47 Å². The first-order valence-electron chi connectivity index (χ1n) is 14.7. The number of carbonyl (C=O) groups excluding carboxylic acids is 2. The van der Waals surface area contributed by atoms with Gasteiger partial charge in [0.25, 0.3) is 11.7 Å². The Morgan fingerprint density at radius 1 is 0.930 bits per heavy atom. The molecular formula is C35H37N3O5. The van der Waals surface area contributed by atoms with E-state index in [9.17, 15) is 14.7 Å². The van der Waals surface area contributed by atoms with E-state index < -0.39 is 17.7 Å². The lowest BCUT2D eigenvalue weighted by Gasteiger charge is -2.25. The fourth-order valence-corrected chi connectivity index (χ4v) is 5.21. The number of rotatable bonds is 13. The number of aryl methyl sites for hydroxylation is 2. The number of Topliss-reactive ketones (excluding diaryl/α,β-unsaturated/α-hetero) is 1. The number of nitrogens with zero attached hydrogens (tertiary/aromatic N) is 3. The van der Waals surface area contributed by atoms with Gasteiger partial charge in [0, 0.05) is 31.0 Å². The zero-order valence-corrected chi connectivity index (χ0v) is 24.6. The van der Waals surface area contributed by atoms with Crippen molar-refractivity contribution < 1.29 is 24.2 Å². The topological polar surface area (TPSA) is 93.9 Å². The number of aliphatic hydroxyl groups is 1. The number of aromatic nitrogens is 2. The molecule has 0 saturated carbocycles. The summed E-state index contributed by atoms with van der Waals surface area (Å²) in [5, 5.41) is 11.5. The summed E-state index contributed by atoms with van der Waals surface area (Å²) in [6.07, 6.45) is 7.88. The van der Waals surface area contributed by atoms with Crippen molar-refractivity contribution in [2.45, 2.75) is 52.3 Å². The van der Waals surface area contributed by atoms with E-state index in [0.717, 1.165) is 35.3 Å². The molecule has 0 bridgehead atoms. The lowest BCUT2D eigenvalue weighted by Crippen LogP contribution is -2.31. The molecule has 3 aromatic carbocycles. The van der Waals surface area contributed by atoms with Crippen molar-refractivity contribution in [1.82, 2.24) is 14.5 Å². The highest BCUT2D eigenvalue weighted by molar-refractivity contribution is 6.46. The number of hydrogen-bond acceptors (Lipinski definition) is 6. The molecule has 1 fully saturated rings. The Labute approximate surface area is 252 Å². The van der Waals surface area contributed by atoms with Gasteiger partial charge in [0.05, 0.1) is 24.5 Å². The Kier molecular flexibility index (Phi) is 9.56. The van der Waals surface area contributed by atoms with Crippen LogP contribution >= 0.6 is 0 Å². The Hall–Kier alpha value is -4.85. The van der Waals surface area contributed by atoms with Crippen LogP contribution < -0.4 is 9.47 Å². The van der Waals surface area contributed by atoms with Gasteiger partial charge in [0.2, 0.25) is 0 Å². The number of amides is 1. The molecular weight excluding hydrogens is 542 g/mol. The largest absolute Gasteiger partial charge is 0.507 e. The monoisotopic (exact) mass is 579 g/mol. The molecule has 5 rings (SSSR count). The number of hydrogen-bond donors (Lipinski definition) is 1. The smallest absolute Gasteiger partial charge is 0.295 e. The molecule has 1 atom stereocenters. The summed E-state index contributed by atoms with van der Waals surface area (Å²) in [5.41, 5.74) is 3.45. The number of ketones is 1. The highest BCUT2D eigenvalue weighted by Gasteiger charge is 2.45. The maximum atomic E-state index is 13.4. The molecule has 1 aliphatic heterocycles. The molecule has 1 aliphatic rings. The van der Waals surface area contributed by atoms with Gasteiger partial charge < -0.3 is 24.0 Å². The van der Waals surface area contributed by atoms with Gasteiger partial charge in [-0.05, 0) is 67.3 Å². The van der Waals surface area contributed by atoms with Crippen LogP contribution in [0.4, 0.5) is 0 Å². The van der Waals surface area contributed by atoms with Crippen molar-refractivity contribution in [2.24, 2.45) is 0 Å². The number of aliphatic hydroxyl groups excluding tert-OH is 1. The molecule has 0 aliphatic carbocycles. The van der Waals surface area contributed by atoms with Crippen LogP contribution in [0.2, 0.25) is 0 Å². The predicted molar refractivity (Wildman–Crippen MR) is 165 cm³/mol. The number of carbonyl (C=O) groups is 2. The van der Waals surface area contributed by atoms with E-state index in [0.29, 0.717) is 44.0 Å². The van der Waals surface area contributed by atoms with Gasteiger partial charge in [-0.3, -0.25) is 9.59 Å². The normalized spacial score (nSPS) is 16.0. The van der Waals surface area contributed by atoms with E-state index in [1.165, 1.54) is 0 Å². The van der Waals surface area contributed by atoms with Crippen molar-refractivity contribution in [2.75, 3.05) is 13.2 Å². The lowest BCUT2D eigenvalue weighted by atomic mass is 9.95. The second-order valence-electron chi connectivity index (χ2n) is 10.7. The fourth-order valence-electron chi connectivity index (χ4n) is 5.21. The van der Waals surface area contributed by atoms with Crippen LogP contribution in [0.3, 0.4) is 0 Å². The van der Waals surface area contributed by atoms with Gasteiger partial charge in [-0.2, -0.15) is 0 Å². The summed E-state index contributed by atoms with van der Waals surface area (Å²) in [4.78, 5) is 32.4. The number of ether oxygens (including phenoxy) is 2. The summed E-state index contributed by atoms with van der Waals surface area (Å²) in [7, 11) is 0. The second-order valence-corrected chi connectivity index (χ2v) is 10.7. The van der Waals surface area contributed by atoms with E-state index in [2.05, 4.69) is 18.0 Å². The number of likely N-dealkylation sites (tertiary alicyclic amines) is 1. The molecule has 1 N–H and O–H groups in total. The van der Waals surface area contributed by atoms with Crippen molar-refractivity contribution in [3.05, 3.63) is 119 Å². The molecule has 2 heterocycles. The highest BCUT2D eigenvalue weighted by atomic mass is 16.5. The standard InChI is InChI=1S/C35H37N3O5/c1-3-4-21-42-29-13-9-27(10-14-29)32-31(34(40)35(41)38(32)19-6-18-37-20-17-36-24-37)33(39)28-11-15-30(16-12-28)43-23-26-8-5-7-25(2)22-26/h5,7-17,20,22,24,32,39H,3-4,6,18-19,21,23H2,1-2H3/b33-31+. The molecule has 1 amide bonds. The number of unbranched alkanes of at least 4 members (excludes halogenated alkanes) is 1. The molecule has 222 valence electrons. The summed E-state index contributed by atoms with van der Waals surface area (Å²) < 4.78 is 13.7. The fraction of sp³-hybridized carbons (Fsp3) is 0.286. The van der Waals surface area contributed by atoms with E-state index >= 15 is 0 Å². The quantitative estimate of drug-likeness (QED) is 0.0846. The first kappa shape index (κ1) is 29.6. The van der Waals surface area contributed by atoms with Crippen LogP contribution in [0, 0.1) is 6.92 Å². The second kappa shape index (κ2) is 13.9. The lowest BCUT2D eigenvalue weighted by molar-refractivity contribution is -0.139. The SMILES string of the molecule is CCCCOc1ccc(C2/C(=C(\O)c3ccc(OCc4cccc(C)c4)cc3)C(=O)C(=O)N2CCCn2ccnc2)cc1. The molecule has 8 nitrogen and oxygen atoms in total. The van der Waals surface area contributed by atoms with E-state index in [1.807, 2.05) is 60.2 Å². The minimum Gasteiger partial charge on any atom is -0.507 e. The van der Waals surface area contributed by atoms with Crippen molar-refractivity contribution in [3.63, 3.8) is 0 Å². The third kappa shape index (κ3) is 7.15. The van der Waals surface area contributed by atoms with Crippen LogP contribution in [0.1, 0.15) is 54.5 Å². The maximum absolute atomic E-state index is 13.4. The average Bonchev–Trinajstić information content (AvgIpc) is 3.63. The van der Waals surface area contributed by atoms with E-state index in [1.54, 1.807) is 41.7 Å². The Balaban J connectivity index is 1.40. The minimum atomic E-state index is -0.732. The molecule has 8 heteroatoms. The van der Waals surface area contributed by atoms with Gasteiger partial charge in [0.15, 0.2) is 0 Å². The zero-order chi connectivity index (χ0) is 30.2. The molecule has 1 saturated heterocycles. The van der Waals surface area contributed by atoms with Gasteiger partial charge in [-0.25, -0.2) is 4.98 Å². The average molecular weight is 580 g/mol. The third-order valence-electron chi connectivity index (χ3n) is 7.49. The molecule has 1 aromatic heterocycles. The Bertz CT molecular complexity index is 1560. The summed E-state index contributed by atoms with van der Waals surface area (Å²) in [6.45, 7) is 6.15. The molecule has 43 heavy (non-hydrogen) atoms. The molecule has 1 unspecified atom stereocenters. The first-order chi connectivity index (χ1) is 20.9. The van der Waals surface area contributed by atoms with Crippen LogP contribution in [-0.4, -0.2) is 44.4 Å². The highest BCUT2D eigenvalue weighted by Crippen LogP contribution is 2.40. The van der Waals surface area contributed by atoms with E-state index in [-0.39, 0.29) is 11.3 Å². The molecule has 0 spiro atoms. The van der Waals surface area contributed by atoms with Gasteiger partial charge >= 0.3 is 0 Å². The molecule has 0 radical (unpaired) electrons. The van der Waals surface area contributed by atoms with Crippen LogP contribution in [-0.2, 0) is 22.7 Å². The van der Waals surface area contributed by atoms with Gasteiger partial charge in [-0.1, -0.05) is 55.3 Å². The van der Waals surface area contributed by atoms with Gasteiger partial charge in [-0.15, -0.1) is 0 Å². The zero-order valence-electron chi connectivity index (χ0n) is 24.6. The summed E-state index contributed by atoms with van der Waals surface area (Å²) in [6, 6.07) is 21.7. The predicted octanol–water partition coefficient (Wildman–Crippen LogP) is 6.46. The first-order valence-corrected chi connectivity index (χ1v) is 14.7. The van der Waals surface area contributed by atoms with Crippen molar-refractivity contribution >= 4 is 17.4 Å². The third-order valence-corrected chi connectivity index (χ3v) is 7.49.